The van der Waals surface area contributed by atoms with Crippen molar-refractivity contribution in [3.63, 3.8) is 0 Å². The molecule has 10 nitrogen and oxygen atoms in total. The summed E-state index contributed by atoms with van der Waals surface area (Å²) in [5.74, 6) is -1.95. The fourth-order valence-electron chi connectivity index (χ4n) is 4.26. The van der Waals surface area contributed by atoms with E-state index in [1.807, 2.05) is 6.07 Å². The first-order valence-electron chi connectivity index (χ1n) is 10.6. The van der Waals surface area contributed by atoms with E-state index in [-0.39, 0.29) is 43.6 Å². The Balaban J connectivity index is 0.00000193. The Morgan fingerprint density at radius 3 is 2.33 bits per heavy atom. The van der Waals surface area contributed by atoms with Crippen molar-refractivity contribution in [1.82, 2.24) is 15.1 Å². The van der Waals surface area contributed by atoms with Gasteiger partial charge in [0, 0.05) is 51.4 Å². The average Bonchev–Trinajstić information content (AvgIpc) is 3.02. The molecule has 1 aromatic rings. The number of hydrogen-bond acceptors (Lipinski definition) is 8. The molecule has 4 amide bonds. The Labute approximate surface area is 204 Å². The topological polar surface area (TPSA) is 125 Å². The quantitative estimate of drug-likeness (QED) is 0.395. The lowest BCUT2D eigenvalue weighted by atomic mass is 10.0. The van der Waals surface area contributed by atoms with Crippen LogP contribution in [0, 0.1) is 0 Å². The van der Waals surface area contributed by atoms with Crippen LogP contribution >= 0.6 is 24.8 Å². The number of nitrogens with one attached hydrogen (secondary N) is 1. The monoisotopic (exact) mass is 501 g/mol. The molecule has 0 radical (unpaired) electrons. The molecule has 0 saturated carbocycles. The van der Waals surface area contributed by atoms with Crippen LogP contribution in [0.25, 0.3) is 0 Å². The number of halogens is 2. The number of anilines is 1. The summed E-state index contributed by atoms with van der Waals surface area (Å²) in [7, 11) is 0. The number of carbonyl (C=O) groups excluding carboxylic acids is 4. The van der Waals surface area contributed by atoms with Crippen LogP contribution in [0.5, 0.6) is 0 Å². The zero-order chi connectivity index (χ0) is 22.0. The highest BCUT2D eigenvalue weighted by Crippen LogP contribution is 2.31. The van der Waals surface area contributed by atoms with Crippen molar-refractivity contribution in [2.45, 2.75) is 18.9 Å². The van der Waals surface area contributed by atoms with Crippen molar-refractivity contribution >= 4 is 54.1 Å². The molecule has 0 bridgehead atoms. The van der Waals surface area contributed by atoms with Crippen LogP contribution in [0.4, 0.5) is 5.69 Å². The Kier molecular flexibility index (Phi) is 9.62. The van der Waals surface area contributed by atoms with Gasteiger partial charge in [-0.25, -0.2) is 0 Å². The van der Waals surface area contributed by atoms with Gasteiger partial charge in [0.15, 0.2) is 0 Å². The zero-order valence-electron chi connectivity index (χ0n) is 18.2. The summed E-state index contributed by atoms with van der Waals surface area (Å²) in [5.41, 5.74) is 6.91. The number of nitrogens with two attached hydrogens (primary N) is 1. The molecule has 3 N–H and O–H groups in total. The number of nitrogens with zero attached hydrogens (tertiary/aromatic N) is 3. The molecule has 0 aromatic heterocycles. The number of piperazine rings is 1. The first-order valence-corrected chi connectivity index (χ1v) is 10.6. The van der Waals surface area contributed by atoms with Crippen LogP contribution in [-0.2, 0) is 14.3 Å². The molecular formula is C21H29Cl2N5O5. The molecule has 1 atom stereocenters. The first kappa shape index (κ1) is 27.0. The average molecular weight is 502 g/mol. The van der Waals surface area contributed by atoms with E-state index in [0.29, 0.717) is 30.9 Å². The van der Waals surface area contributed by atoms with E-state index in [1.165, 1.54) is 0 Å². The van der Waals surface area contributed by atoms with E-state index in [4.69, 9.17) is 10.5 Å². The predicted octanol–water partition coefficient (Wildman–Crippen LogP) is 0.0287. The SMILES string of the molecule is Cl.Cl.NCCOCCN1CCN(c2ccc3c(c2)C(=O)N(C2CCC(=O)NC2=O)C3=O)CC1. The Morgan fingerprint density at radius 2 is 1.67 bits per heavy atom. The molecule has 2 fully saturated rings. The summed E-state index contributed by atoms with van der Waals surface area (Å²) in [6.07, 6.45) is 0.260. The van der Waals surface area contributed by atoms with Crippen LogP contribution < -0.4 is 16.0 Å². The van der Waals surface area contributed by atoms with Gasteiger partial charge in [0.2, 0.25) is 11.8 Å². The van der Waals surface area contributed by atoms with E-state index in [1.54, 1.807) is 12.1 Å². The third-order valence-electron chi connectivity index (χ3n) is 5.97. The second-order valence-corrected chi connectivity index (χ2v) is 7.91. The number of rotatable bonds is 7. The van der Waals surface area contributed by atoms with Gasteiger partial charge in [0.25, 0.3) is 11.8 Å². The summed E-state index contributed by atoms with van der Waals surface area (Å²) in [6, 6.07) is 4.29. The minimum absolute atomic E-state index is 0. The molecule has 4 rings (SSSR count). The molecule has 3 aliphatic rings. The van der Waals surface area contributed by atoms with Gasteiger partial charge in [-0.05, 0) is 24.6 Å². The van der Waals surface area contributed by atoms with Crippen molar-refractivity contribution < 1.29 is 23.9 Å². The van der Waals surface area contributed by atoms with Gasteiger partial charge in [0.1, 0.15) is 6.04 Å². The van der Waals surface area contributed by atoms with Gasteiger partial charge in [-0.3, -0.25) is 34.3 Å². The fourth-order valence-corrected chi connectivity index (χ4v) is 4.26. The van der Waals surface area contributed by atoms with Gasteiger partial charge in [-0.15, -0.1) is 24.8 Å². The van der Waals surface area contributed by atoms with Gasteiger partial charge in [-0.1, -0.05) is 0 Å². The zero-order valence-corrected chi connectivity index (χ0v) is 19.8. The van der Waals surface area contributed by atoms with Crippen molar-refractivity contribution in [3.05, 3.63) is 29.3 Å². The van der Waals surface area contributed by atoms with E-state index < -0.39 is 23.8 Å². The number of piperidine rings is 1. The number of fused-ring (bicyclic) bond motifs is 1. The van der Waals surface area contributed by atoms with E-state index in [0.717, 1.165) is 43.3 Å². The highest BCUT2D eigenvalue weighted by Gasteiger charge is 2.44. The van der Waals surface area contributed by atoms with Crippen molar-refractivity contribution in [2.24, 2.45) is 5.73 Å². The Morgan fingerprint density at radius 1 is 0.970 bits per heavy atom. The molecule has 1 aromatic carbocycles. The lowest BCUT2D eigenvalue weighted by Crippen LogP contribution is -2.54. The first-order chi connectivity index (χ1) is 15.0. The largest absolute Gasteiger partial charge is 0.379 e. The molecular weight excluding hydrogens is 473 g/mol. The number of carbonyl (C=O) groups is 4. The number of hydrogen-bond donors (Lipinski definition) is 2. The van der Waals surface area contributed by atoms with Gasteiger partial charge in [0.05, 0.1) is 24.3 Å². The number of benzene rings is 1. The molecule has 182 valence electrons. The van der Waals surface area contributed by atoms with Crippen molar-refractivity contribution in [1.29, 1.82) is 0 Å². The normalized spacial score (nSPS) is 20.8. The smallest absolute Gasteiger partial charge is 0.262 e. The molecule has 3 aliphatic heterocycles. The van der Waals surface area contributed by atoms with Crippen LogP contribution in [-0.4, -0.2) is 92.0 Å². The van der Waals surface area contributed by atoms with Crippen LogP contribution in [0.3, 0.4) is 0 Å². The highest BCUT2D eigenvalue weighted by molar-refractivity contribution is 6.23. The summed E-state index contributed by atoms with van der Waals surface area (Å²) >= 11 is 0. The van der Waals surface area contributed by atoms with Gasteiger partial charge in [-0.2, -0.15) is 0 Å². The molecule has 0 spiro atoms. The number of amides is 4. The van der Waals surface area contributed by atoms with Crippen LogP contribution in [0.2, 0.25) is 0 Å². The van der Waals surface area contributed by atoms with E-state index in [2.05, 4.69) is 15.1 Å². The van der Waals surface area contributed by atoms with Crippen LogP contribution in [0.15, 0.2) is 18.2 Å². The molecule has 0 aliphatic carbocycles. The van der Waals surface area contributed by atoms with Gasteiger partial charge < -0.3 is 15.4 Å². The maximum Gasteiger partial charge on any atom is 0.262 e. The molecule has 1 unspecified atom stereocenters. The van der Waals surface area contributed by atoms with Crippen LogP contribution in [0.1, 0.15) is 33.6 Å². The second-order valence-electron chi connectivity index (χ2n) is 7.91. The van der Waals surface area contributed by atoms with Crippen molar-refractivity contribution in [3.8, 4) is 0 Å². The maximum atomic E-state index is 13.0. The summed E-state index contributed by atoms with van der Waals surface area (Å²) in [6.45, 7) is 5.95. The minimum atomic E-state index is -0.946. The summed E-state index contributed by atoms with van der Waals surface area (Å²) < 4.78 is 5.44. The lowest BCUT2D eigenvalue weighted by Gasteiger charge is -2.36. The lowest BCUT2D eigenvalue weighted by molar-refractivity contribution is -0.136. The molecule has 2 saturated heterocycles. The standard InChI is InChI=1S/C21H27N5O5.2ClH/c22-5-11-31-12-10-24-6-8-25(9-7-24)14-1-2-15-16(13-14)21(30)26(20(15)29)17-3-4-18(27)23-19(17)28;;/h1-2,13,17H,3-12,22H2,(H,23,27,28);2*1H. The Bertz CT molecular complexity index is 907. The molecule has 33 heavy (non-hydrogen) atoms. The van der Waals surface area contributed by atoms with E-state index in [9.17, 15) is 19.2 Å². The molecule has 12 heteroatoms. The second kappa shape index (κ2) is 11.8. The predicted molar refractivity (Wildman–Crippen MR) is 126 cm³/mol. The maximum absolute atomic E-state index is 13.0. The third-order valence-corrected chi connectivity index (χ3v) is 5.97. The Hall–Kier alpha value is -2.24. The minimum Gasteiger partial charge on any atom is -0.379 e. The molecule has 3 heterocycles. The van der Waals surface area contributed by atoms with Gasteiger partial charge >= 0.3 is 0 Å². The summed E-state index contributed by atoms with van der Waals surface area (Å²) in [4.78, 5) is 54.9. The number of imide groups is 2. The highest BCUT2D eigenvalue weighted by atomic mass is 35.5. The van der Waals surface area contributed by atoms with E-state index >= 15 is 0 Å². The fraction of sp³-hybridized carbons (Fsp3) is 0.524. The number of ether oxygens (including phenoxy) is 1. The van der Waals surface area contributed by atoms with Crippen molar-refractivity contribution in [2.75, 3.05) is 57.4 Å². The third kappa shape index (κ3) is 5.64. The summed E-state index contributed by atoms with van der Waals surface area (Å²) in [5, 5.41) is 2.21.